The van der Waals surface area contributed by atoms with E-state index in [0.29, 0.717) is 18.1 Å². The Labute approximate surface area is 138 Å². The minimum atomic E-state index is -0.676. The largest absolute Gasteiger partial charge is 0.476 e. The molecular weight excluding hydrogens is 315 g/mol. The summed E-state index contributed by atoms with van der Waals surface area (Å²) >= 11 is 0. The van der Waals surface area contributed by atoms with Crippen LogP contribution in [0.5, 0.6) is 11.8 Å². The molecule has 0 aliphatic heterocycles. The third-order valence-corrected chi connectivity index (χ3v) is 3.34. The summed E-state index contributed by atoms with van der Waals surface area (Å²) in [7, 11) is 0. The van der Waals surface area contributed by atoms with E-state index in [1.807, 2.05) is 0 Å². The number of hydrogen-bond donors (Lipinski definition) is 1. The maximum atomic E-state index is 13.8. The second-order valence-corrected chi connectivity index (χ2v) is 5.30. The summed E-state index contributed by atoms with van der Waals surface area (Å²) in [4.78, 5) is 24.0. The predicted molar refractivity (Wildman–Crippen MR) is 82.2 cm³/mol. The van der Waals surface area contributed by atoms with Gasteiger partial charge in [0.15, 0.2) is 5.82 Å². The minimum absolute atomic E-state index is 0.109. The Kier molecular flexibility index (Phi) is 4.83. The van der Waals surface area contributed by atoms with E-state index < -0.39 is 11.7 Å². The van der Waals surface area contributed by atoms with Gasteiger partial charge >= 0.3 is 0 Å². The number of amides is 1. The van der Waals surface area contributed by atoms with Crippen LogP contribution in [0.1, 0.15) is 35.7 Å². The van der Waals surface area contributed by atoms with Crippen LogP contribution in [-0.4, -0.2) is 33.6 Å². The van der Waals surface area contributed by atoms with Crippen LogP contribution in [0.3, 0.4) is 0 Å². The number of nitrogens with one attached hydrogen (secondary N) is 1. The fourth-order valence-electron chi connectivity index (χ4n) is 1.99. The number of halogens is 1. The van der Waals surface area contributed by atoms with Gasteiger partial charge in [0.1, 0.15) is 12.4 Å². The Morgan fingerprint density at radius 1 is 1.33 bits per heavy atom. The molecule has 24 heavy (non-hydrogen) atoms. The van der Waals surface area contributed by atoms with E-state index in [1.165, 1.54) is 12.5 Å². The Morgan fingerprint density at radius 3 is 2.88 bits per heavy atom. The Balaban J connectivity index is 1.64. The minimum Gasteiger partial charge on any atom is -0.476 e. The molecule has 1 aliphatic rings. The van der Waals surface area contributed by atoms with E-state index in [1.54, 1.807) is 13.1 Å². The quantitative estimate of drug-likeness (QED) is 0.833. The molecule has 3 rings (SSSR count). The van der Waals surface area contributed by atoms with Gasteiger partial charge in [-0.25, -0.2) is 19.3 Å². The molecule has 1 saturated carbocycles. The lowest BCUT2D eigenvalue weighted by Gasteiger charge is -2.10. The lowest BCUT2D eigenvalue weighted by molar-refractivity contribution is 0.0949. The SMILES string of the molecule is CCOc1ncc(C(=O)NCc2cncnc2OC2CC2)cc1F. The van der Waals surface area contributed by atoms with Crippen molar-refractivity contribution in [3.8, 4) is 11.8 Å². The summed E-state index contributed by atoms with van der Waals surface area (Å²) in [5, 5.41) is 2.68. The third kappa shape index (κ3) is 3.95. The average Bonchev–Trinajstić information content (AvgIpc) is 3.40. The van der Waals surface area contributed by atoms with Crippen molar-refractivity contribution < 1.29 is 18.7 Å². The van der Waals surface area contributed by atoms with E-state index in [-0.39, 0.29) is 24.1 Å². The van der Waals surface area contributed by atoms with Crippen LogP contribution >= 0.6 is 0 Å². The first-order valence-corrected chi connectivity index (χ1v) is 7.69. The van der Waals surface area contributed by atoms with E-state index >= 15 is 0 Å². The van der Waals surface area contributed by atoms with Gasteiger partial charge in [-0.15, -0.1) is 0 Å². The zero-order valence-electron chi connectivity index (χ0n) is 13.2. The van der Waals surface area contributed by atoms with Crippen LogP contribution in [0, 0.1) is 5.82 Å². The fraction of sp³-hybridized carbons (Fsp3) is 0.375. The zero-order valence-corrected chi connectivity index (χ0v) is 13.2. The van der Waals surface area contributed by atoms with Gasteiger partial charge in [-0.05, 0) is 25.8 Å². The molecule has 7 nitrogen and oxygen atoms in total. The van der Waals surface area contributed by atoms with Crippen molar-refractivity contribution in [2.75, 3.05) is 6.61 Å². The smallest absolute Gasteiger partial charge is 0.253 e. The van der Waals surface area contributed by atoms with Crippen LogP contribution in [-0.2, 0) is 6.54 Å². The van der Waals surface area contributed by atoms with Crippen molar-refractivity contribution in [1.82, 2.24) is 20.3 Å². The molecule has 1 fully saturated rings. The van der Waals surface area contributed by atoms with E-state index in [0.717, 1.165) is 18.9 Å². The highest BCUT2D eigenvalue weighted by molar-refractivity contribution is 5.93. The molecule has 126 valence electrons. The van der Waals surface area contributed by atoms with Gasteiger partial charge in [0.25, 0.3) is 5.91 Å². The van der Waals surface area contributed by atoms with E-state index in [4.69, 9.17) is 9.47 Å². The van der Waals surface area contributed by atoms with Crippen LogP contribution in [0.15, 0.2) is 24.8 Å². The molecular formula is C16H17FN4O3. The lowest BCUT2D eigenvalue weighted by Crippen LogP contribution is -2.24. The molecule has 1 N–H and O–H groups in total. The topological polar surface area (TPSA) is 86.2 Å². The van der Waals surface area contributed by atoms with Crippen molar-refractivity contribution >= 4 is 5.91 Å². The van der Waals surface area contributed by atoms with Gasteiger partial charge in [0.2, 0.25) is 11.8 Å². The van der Waals surface area contributed by atoms with Crippen molar-refractivity contribution in [3.05, 3.63) is 41.7 Å². The number of carbonyl (C=O) groups excluding carboxylic acids is 1. The van der Waals surface area contributed by atoms with Crippen molar-refractivity contribution in [1.29, 1.82) is 0 Å². The summed E-state index contributed by atoms with van der Waals surface area (Å²) in [5.74, 6) is -0.787. The van der Waals surface area contributed by atoms with Crippen molar-refractivity contribution in [3.63, 3.8) is 0 Å². The molecule has 0 unspecified atom stereocenters. The molecule has 0 saturated heterocycles. The first-order chi connectivity index (χ1) is 11.7. The average molecular weight is 332 g/mol. The molecule has 1 aliphatic carbocycles. The van der Waals surface area contributed by atoms with E-state index in [2.05, 4.69) is 20.3 Å². The number of nitrogens with zero attached hydrogens (tertiary/aromatic N) is 3. The fourth-order valence-corrected chi connectivity index (χ4v) is 1.99. The van der Waals surface area contributed by atoms with Crippen molar-refractivity contribution in [2.24, 2.45) is 0 Å². The summed E-state index contributed by atoms with van der Waals surface area (Å²) in [5.41, 5.74) is 0.773. The lowest BCUT2D eigenvalue weighted by atomic mass is 10.2. The molecule has 8 heteroatoms. The number of hydrogen-bond acceptors (Lipinski definition) is 6. The molecule has 0 bridgehead atoms. The molecule has 2 aromatic rings. The number of carbonyl (C=O) groups is 1. The summed E-state index contributed by atoms with van der Waals surface area (Å²) in [6.07, 6.45) is 6.46. The van der Waals surface area contributed by atoms with Gasteiger partial charge in [-0.3, -0.25) is 4.79 Å². The Morgan fingerprint density at radius 2 is 2.17 bits per heavy atom. The highest BCUT2D eigenvalue weighted by atomic mass is 19.1. The second-order valence-electron chi connectivity index (χ2n) is 5.30. The highest BCUT2D eigenvalue weighted by Gasteiger charge is 2.25. The first kappa shape index (κ1) is 16.1. The normalized spacial score (nSPS) is 13.4. The highest BCUT2D eigenvalue weighted by Crippen LogP contribution is 2.27. The first-order valence-electron chi connectivity index (χ1n) is 7.69. The third-order valence-electron chi connectivity index (χ3n) is 3.34. The van der Waals surface area contributed by atoms with Crippen LogP contribution in [0.2, 0.25) is 0 Å². The molecule has 1 amide bonds. The number of ether oxygens (including phenoxy) is 2. The molecule has 0 radical (unpaired) electrons. The zero-order chi connectivity index (χ0) is 16.9. The van der Waals surface area contributed by atoms with Crippen LogP contribution < -0.4 is 14.8 Å². The predicted octanol–water partition coefficient (Wildman–Crippen LogP) is 1.88. The number of pyridine rings is 1. The maximum Gasteiger partial charge on any atom is 0.253 e. The van der Waals surface area contributed by atoms with Crippen molar-refractivity contribution in [2.45, 2.75) is 32.4 Å². The van der Waals surface area contributed by atoms with E-state index in [9.17, 15) is 9.18 Å². The van der Waals surface area contributed by atoms with Gasteiger partial charge in [0.05, 0.1) is 17.7 Å². The van der Waals surface area contributed by atoms with Gasteiger partial charge < -0.3 is 14.8 Å². The molecule has 2 aromatic heterocycles. The van der Waals surface area contributed by atoms with Gasteiger partial charge in [0, 0.05) is 18.9 Å². The second kappa shape index (κ2) is 7.20. The number of aromatic nitrogens is 3. The monoisotopic (exact) mass is 332 g/mol. The maximum absolute atomic E-state index is 13.8. The number of rotatable bonds is 7. The molecule has 0 atom stereocenters. The Bertz CT molecular complexity index is 737. The molecule has 0 spiro atoms. The molecule has 2 heterocycles. The summed E-state index contributed by atoms with van der Waals surface area (Å²) in [6.45, 7) is 2.20. The van der Waals surface area contributed by atoms with Crippen LogP contribution in [0.25, 0.3) is 0 Å². The summed E-state index contributed by atoms with van der Waals surface area (Å²) < 4.78 is 24.4. The Hall–Kier alpha value is -2.77. The van der Waals surface area contributed by atoms with Gasteiger partial charge in [-0.2, -0.15) is 0 Å². The van der Waals surface area contributed by atoms with Crippen LogP contribution in [0.4, 0.5) is 4.39 Å². The standard InChI is InChI=1S/C16H17FN4O3/c1-2-23-16-13(17)5-10(7-20-16)14(22)19-8-11-6-18-9-21-15(11)24-12-3-4-12/h5-7,9,12H,2-4,8H2,1H3,(H,19,22). The summed E-state index contributed by atoms with van der Waals surface area (Å²) in [6, 6.07) is 1.09. The molecule has 0 aromatic carbocycles. The van der Waals surface area contributed by atoms with Gasteiger partial charge in [-0.1, -0.05) is 0 Å².